The topological polar surface area (TPSA) is 74.6 Å². The number of halogens is 1. The SMILES string of the molecule is CCCCCC(F)C(=O)CP(=O)(O)O. The van der Waals surface area contributed by atoms with Crippen molar-refractivity contribution in [3.63, 3.8) is 0 Å². The van der Waals surface area contributed by atoms with E-state index in [1.807, 2.05) is 6.92 Å². The van der Waals surface area contributed by atoms with Crippen LogP contribution in [0, 0.1) is 0 Å². The Morgan fingerprint density at radius 1 is 1.43 bits per heavy atom. The number of rotatable bonds is 7. The minimum absolute atomic E-state index is 0.0622. The van der Waals surface area contributed by atoms with Crippen LogP contribution in [0.5, 0.6) is 0 Å². The Balaban J connectivity index is 3.82. The Bertz CT molecular complexity index is 225. The summed E-state index contributed by atoms with van der Waals surface area (Å²) < 4.78 is 23.3. The summed E-state index contributed by atoms with van der Waals surface area (Å²) in [4.78, 5) is 27.7. The summed E-state index contributed by atoms with van der Waals surface area (Å²) in [5.74, 6) is -0.991. The molecule has 0 aromatic heterocycles. The van der Waals surface area contributed by atoms with E-state index in [-0.39, 0.29) is 6.42 Å². The summed E-state index contributed by atoms with van der Waals surface area (Å²) in [6.07, 6.45) is -0.338. The van der Waals surface area contributed by atoms with Gasteiger partial charge in [0.1, 0.15) is 6.16 Å². The Hall–Kier alpha value is -0.250. The van der Waals surface area contributed by atoms with Crippen molar-refractivity contribution >= 4 is 13.4 Å². The van der Waals surface area contributed by atoms with E-state index in [2.05, 4.69) is 0 Å². The largest absolute Gasteiger partial charge is 0.333 e. The van der Waals surface area contributed by atoms with Crippen LogP contribution in [0.3, 0.4) is 0 Å². The maximum atomic E-state index is 13.0. The molecule has 0 amide bonds. The summed E-state index contributed by atoms with van der Waals surface area (Å²) in [5, 5.41) is 0. The highest BCUT2D eigenvalue weighted by Gasteiger charge is 2.25. The summed E-state index contributed by atoms with van der Waals surface area (Å²) >= 11 is 0. The van der Waals surface area contributed by atoms with Crippen LogP contribution in [-0.4, -0.2) is 27.9 Å². The van der Waals surface area contributed by atoms with Gasteiger partial charge in [0.05, 0.1) is 0 Å². The van der Waals surface area contributed by atoms with E-state index in [1.54, 1.807) is 0 Å². The first kappa shape index (κ1) is 13.8. The molecule has 6 heteroatoms. The molecule has 14 heavy (non-hydrogen) atoms. The van der Waals surface area contributed by atoms with E-state index in [0.29, 0.717) is 6.42 Å². The number of Topliss-reactive ketones (excluding diaryl/α,β-unsaturated/α-hetero) is 1. The quantitative estimate of drug-likeness (QED) is 0.511. The van der Waals surface area contributed by atoms with E-state index in [4.69, 9.17) is 9.79 Å². The molecule has 4 nitrogen and oxygen atoms in total. The molecule has 0 aromatic carbocycles. The van der Waals surface area contributed by atoms with Crippen molar-refractivity contribution < 1.29 is 23.5 Å². The van der Waals surface area contributed by atoms with Gasteiger partial charge in [0, 0.05) is 0 Å². The molecule has 0 radical (unpaired) electrons. The number of alkyl halides is 1. The van der Waals surface area contributed by atoms with E-state index < -0.39 is 25.7 Å². The maximum absolute atomic E-state index is 13.0. The normalized spacial score (nSPS) is 14.0. The minimum Gasteiger partial charge on any atom is -0.324 e. The highest BCUT2D eigenvalue weighted by atomic mass is 31.2. The summed E-state index contributed by atoms with van der Waals surface area (Å²) in [5.41, 5.74) is 0. The zero-order valence-electron chi connectivity index (χ0n) is 8.15. The average molecular weight is 226 g/mol. The van der Waals surface area contributed by atoms with E-state index in [9.17, 15) is 13.8 Å². The molecule has 0 aliphatic heterocycles. The van der Waals surface area contributed by atoms with Crippen molar-refractivity contribution in [2.24, 2.45) is 0 Å². The van der Waals surface area contributed by atoms with Crippen LogP contribution >= 0.6 is 7.60 Å². The van der Waals surface area contributed by atoms with Crippen molar-refractivity contribution in [3.8, 4) is 0 Å². The fraction of sp³-hybridized carbons (Fsp3) is 0.875. The Morgan fingerprint density at radius 3 is 2.43 bits per heavy atom. The minimum atomic E-state index is -4.40. The number of carbonyl (C=O) groups excluding carboxylic acids is 1. The van der Waals surface area contributed by atoms with Crippen molar-refractivity contribution in [1.82, 2.24) is 0 Å². The van der Waals surface area contributed by atoms with Gasteiger partial charge in [-0.2, -0.15) is 0 Å². The number of hydrogen-bond acceptors (Lipinski definition) is 2. The Morgan fingerprint density at radius 2 is 2.00 bits per heavy atom. The van der Waals surface area contributed by atoms with E-state index in [1.165, 1.54) is 0 Å². The summed E-state index contributed by atoms with van der Waals surface area (Å²) in [7, 11) is -4.40. The molecule has 84 valence electrons. The Labute approximate surface area is 82.7 Å². The second-order valence-corrected chi connectivity index (χ2v) is 4.90. The monoisotopic (exact) mass is 226 g/mol. The molecule has 0 saturated carbocycles. The third-order valence-electron chi connectivity index (χ3n) is 1.77. The number of carbonyl (C=O) groups is 1. The maximum Gasteiger partial charge on any atom is 0.333 e. The van der Waals surface area contributed by atoms with Gasteiger partial charge >= 0.3 is 7.60 Å². The van der Waals surface area contributed by atoms with Gasteiger partial charge < -0.3 is 9.79 Å². The number of unbranched alkanes of at least 4 members (excludes halogenated alkanes) is 2. The molecule has 0 spiro atoms. The van der Waals surface area contributed by atoms with Crippen LogP contribution in [0.4, 0.5) is 4.39 Å². The first-order valence-electron chi connectivity index (χ1n) is 4.58. The highest BCUT2D eigenvalue weighted by molar-refractivity contribution is 7.52. The van der Waals surface area contributed by atoms with Gasteiger partial charge in [-0.15, -0.1) is 0 Å². The third kappa shape index (κ3) is 7.18. The molecule has 0 rings (SSSR count). The first-order chi connectivity index (χ1) is 6.37. The molecule has 1 atom stereocenters. The number of ketones is 1. The molecular formula is C8H16FO4P. The van der Waals surface area contributed by atoms with Crippen LogP contribution in [0.25, 0.3) is 0 Å². The van der Waals surface area contributed by atoms with Gasteiger partial charge in [0.2, 0.25) is 0 Å². The number of hydrogen-bond donors (Lipinski definition) is 2. The molecule has 2 N–H and O–H groups in total. The van der Waals surface area contributed by atoms with Crippen molar-refractivity contribution in [3.05, 3.63) is 0 Å². The molecular weight excluding hydrogens is 210 g/mol. The first-order valence-corrected chi connectivity index (χ1v) is 6.38. The smallest absolute Gasteiger partial charge is 0.324 e. The molecule has 0 aliphatic rings. The lowest BCUT2D eigenvalue weighted by atomic mass is 10.1. The summed E-state index contributed by atoms with van der Waals surface area (Å²) in [6.45, 7) is 1.95. The van der Waals surface area contributed by atoms with E-state index >= 15 is 0 Å². The van der Waals surface area contributed by atoms with Crippen LogP contribution < -0.4 is 0 Å². The van der Waals surface area contributed by atoms with Crippen LogP contribution in [-0.2, 0) is 9.36 Å². The van der Waals surface area contributed by atoms with Gasteiger partial charge in [-0.25, -0.2) is 4.39 Å². The van der Waals surface area contributed by atoms with E-state index in [0.717, 1.165) is 12.8 Å². The van der Waals surface area contributed by atoms with Gasteiger partial charge in [-0.05, 0) is 6.42 Å². The molecule has 0 heterocycles. The summed E-state index contributed by atoms with van der Waals surface area (Å²) in [6, 6.07) is 0. The van der Waals surface area contributed by atoms with Gasteiger partial charge in [-0.1, -0.05) is 26.2 Å². The Kier molecular flexibility index (Phi) is 6.16. The molecule has 0 bridgehead atoms. The van der Waals surface area contributed by atoms with Crippen molar-refractivity contribution in [2.45, 2.75) is 38.8 Å². The predicted molar refractivity (Wildman–Crippen MR) is 51.0 cm³/mol. The van der Waals surface area contributed by atoms with Crippen molar-refractivity contribution in [2.75, 3.05) is 6.16 Å². The highest BCUT2D eigenvalue weighted by Crippen LogP contribution is 2.34. The molecule has 0 fully saturated rings. The second-order valence-electron chi connectivity index (χ2n) is 3.25. The zero-order chi connectivity index (χ0) is 11.2. The molecule has 0 saturated heterocycles. The van der Waals surface area contributed by atoms with Gasteiger partial charge in [0.15, 0.2) is 12.0 Å². The van der Waals surface area contributed by atoms with Crippen LogP contribution in [0.1, 0.15) is 32.6 Å². The standard InChI is InChI=1S/C8H16FO4P/c1-2-3-4-5-7(9)8(10)6-14(11,12)13/h7H,2-6H2,1H3,(H2,11,12,13). The lowest BCUT2D eigenvalue weighted by Crippen LogP contribution is -2.19. The van der Waals surface area contributed by atoms with Crippen molar-refractivity contribution in [1.29, 1.82) is 0 Å². The van der Waals surface area contributed by atoms with Crippen LogP contribution in [0.2, 0.25) is 0 Å². The lowest BCUT2D eigenvalue weighted by Gasteiger charge is -2.07. The zero-order valence-corrected chi connectivity index (χ0v) is 9.04. The third-order valence-corrected chi connectivity index (χ3v) is 2.50. The molecule has 1 unspecified atom stereocenters. The molecule has 0 aromatic rings. The average Bonchev–Trinajstić information content (AvgIpc) is 2.01. The van der Waals surface area contributed by atoms with Gasteiger partial charge in [0.25, 0.3) is 0 Å². The van der Waals surface area contributed by atoms with Crippen LogP contribution in [0.15, 0.2) is 0 Å². The van der Waals surface area contributed by atoms with Gasteiger partial charge in [-0.3, -0.25) is 9.36 Å². The second kappa shape index (κ2) is 6.27. The fourth-order valence-electron chi connectivity index (χ4n) is 1.04. The molecule has 0 aliphatic carbocycles. The predicted octanol–water partition coefficient (Wildman–Crippen LogP) is 1.65. The fourth-order valence-corrected chi connectivity index (χ4v) is 1.64. The lowest BCUT2D eigenvalue weighted by molar-refractivity contribution is -0.121.